The van der Waals surface area contributed by atoms with Crippen molar-refractivity contribution in [1.29, 1.82) is 0 Å². The van der Waals surface area contributed by atoms with E-state index in [2.05, 4.69) is 22.6 Å². The molecule has 0 aromatic heterocycles. The molecule has 0 aromatic rings. The Labute approximate surface area is 111 Å². The molecule has 0 bridgehead atoms. The van der Waals surface area contributed by atoms with Crippen LogP contribution in [0.2, 0.25) is 0 Å². The summed E-state index contributed by atoms with van der Waals surface area (Å²) in [6, 6.07) is 0. The molecular formula is C10H15NO7S. The fourth-order valence-corrected chi connectivity index (χ4v) is 1.57. The number of carbonyl (C=O) groups excluding carboxylic acids is 2. The predicted octanol–water partition coefficient (Wildman–Crippen LogP) is -0.450. The fourth-order valence-electron chi connectivity index (χ4n) is 0.956. The second-order valence-electron chi connectivity index (χ2n) is 3.12. The molecular weight excluding hydrogens is 278 g/mol. The molecule has 0 aliphatic heterocycles. The topological polar surface area (TPSA) is 110 Å². The highest BCUT2D eigenvalue weighted by atomic mass is 32.2. The molecule has 0 saturated carbocycles. The van der Waals surface area contributed by atoms with Crippen molar-refractivity contribution >= 4 is 22.2 Å². The molecule has 0 spiro atoms. The lowest BCUT2D eigenvalue weighted by Crippen LogP contribution is -2.36. The van der Waals surface area contributed by atoms with Crippen LogP contribution in [-0.2, 0) is 29.4 Å². The highest BCUT2D eigenvalue weighted by Gasteiger charge is 2.19. The minimum atomic E-state index is -4.48. The largest absolute Gasteiger partial charge is 0.461 e. The van der Waals surface area contributed by atoms with Gasteiger partial charge in [0.05, 0.1) is 13.1 Å². The van der Waals surface area contributed by atoms with Crippen LogP contribution in [0.3, 0.4) is 0 Å². The maximum Gasteiger partial charge on any atom is 0.336 e. The number of ether oxygens (including phenoxy) is 2. The maximum atomic E-state index is 11.0. The van der Waals surface area contributed by atoms with Crippen molar-refractivity contribution in [3.63, 3.8) is 0 Å². The third kappa shape index (κ3) is 8.08. The van der Waals surface area contributed by atoms with Gasteiger partial charge in [-0.05, 0) is 0 Å². The van der Waals surface area contributed by atoms with Gasteiger partial charge in [-0.3, -0.25) is 4.55 Å². The zero-order valence-electron chi connectivity index (χ0n) is 10.1. The average Bonchev–Trinajstić information content (AvgIpc) is 2.34. The second kappa shape index (κ2) is 8.40. The van der Waals surface area contributed by atoms with E-state index >= 15 is 0 Å². The van der Waals surface area contributed by atoms with Crippen LogP contribution in [0.1, 0.15) is 0 Å². The second-order valence-corrected chi connectivity index (χ2v) is 4.53. The van der Waals surface area contributed by atoms with E-state index < -0.39 is 22.2 Å². The van der Waals surface area contributed by atoms with E-state index in [1.165, 1.54) is 0 Å². The summed E-state index contributed by atoms with van der Waals surface area (Å²) < 4.78 is 40.6. The lowest BCUT2D eigenvalue weighted by atomic mass is 10.6. The molecule has 9 heteroatoms. The van der Waals surface area contributed by atoms with Crippen molar-refractivity contribution in [1.82, 2.24) is 4.31 Å². The third-order valence-corrected chi connectivity index (χ3v) is 2.85. The molecule has 8 nitrogen and oxygen atoms in total. The van der Waals surface area contributed by atoms with Crippen LogP contribution >= 0.6 is 0 Å². The number of carbonyl (C=O) groups is 2. The SMILES string of the molecule is C=CC(=O)OCCN(CCOC(=O)C=C)S(=O)(=O)O. The van der Waals surface area contributed by atoms with Gasteiger partial charge >= 0.3 is 22.2 Å². The highest BCUT2D eigenvalue weighted by molar-refractivity contribution is 7.83. The molecule has 0 aromatic carbocycles. The molecule has 0 aliphatic carbocycles. The zero-order valence-corrected chi connectivity index (χ0v) is 11.0. The first-order chi connectivity index (χ1) is 8.81. The maximum absolute atomic E-state index is 11.0. The lowest BCUT2D eigenvalue weighted by Gasteiger charge is -2.17. The summed E-state index contributed by atoms with van der Waals surface area (Å²) in [7, 11) is -4.48. The first-order valence-corrected chi connectivity index (χ1v) is 6.52. The van der Waals surface area contributed by atoms with Gasteiger partial charge in [0.15, 0.2) is 0 Å². The predicted molar refractivity (Wildman–Crippen MR) is 65.4 cm³/mol. The fraction of sp³-hybridized carbons (Fsp3) is 0.400. The molecule has 0 amide bonds. The van der Waals surface area contributed by atoms with Gasteiger partial charge in [0.25, 0.3) is 0 Å². The van der Waals surface area contributed by atoms with Crippen molar-refractivity contribution in [2.75, 3.05) is 26.3 Å². The Balaban J connectivity index is 4.25. The number of esters is 2. The Hall–Kier alpha value is -1.71. The van der Waals surface area contributed by atoms with Gasteiger partial charge in [-0.1, -0.05) is 13.2 Å². The van der Waals surface area contributed by atoms with Gasteiger partial charge in [0.2, 0.25) is 0 Å². The van der Waals surface area contributed by atoms with Gasteiger partial charge in [-0.25, -0.2) is 9.59 Å². The third-order valence-electron chi connectivity index (χ3n) is 1.83. The van der Waals surface area contributed by atoms with E-state index in [0.29, 0.717) is 4.31 Å². The van der Waals surface area contributed by atoms with Gasteiger partial charge in [-0.15, -0.1) is 0 Å². The summed E-state index contributed by atoms with van der Waals surface area (Å²) >= 11 is 0. The van der Waals surface area contributed by atoms with Crippen molar-refractivity contribution in [2.45, 2.75) is 0 Å². The van der Waals surface area contributed by atoms with Crippen LogP contribution in [-0.4, -0.2) is 55.5 Å². The number of nitrogens with zero attached hydrogens (tertiary/aromatic N) is 1. The Morgan fingerprint density at radius 2 is 1.42 bits per heavy atom. The monoisotopic (exact) mass is 293 g/mol. The van der Waals surface area contributed by atoms with Crippen LogP contribution in [0.25, 0.3) is 0 Å². The summed E-state index contributed by atoms with van der Waals surface area (Å²) in [5.41, 5.74) is 0. The zero-order chi connectivity index (χ0) is 14.9. The molecule has 19 heavy (non-hydrogen) atoms. The molecule has 108 valence electrons. The van der Waals surface area contributed by atoms with Gasteiger partial charge in [0.1, 0.15) is 13.2 Å². The van der Waals surface area contributed by atoms with Crippen molar-refractivity contribution in [3.05, 3.63) is 25.3 Å². The molecule has 0 unspecified atom stereocenters. The molecule has 0 fully saturated rings. The van der Waals surface area contributed by atoms with Crippen LogP contribution in [0.4, 0.5) is 0 Å². The quantitative estimate of drug-likeness (QED) is 0.348. The average molecular weight is 293 g/mol. The molecule has 0 radical (unpaired) electrons. The minimum Gasteiger partial charge on any atom is -0.461 e. The smallest absolute Gasteiger partial charge is 0.336 e. The minimum absolute atomic E-state index is 0.264. The molecule has 0 saturated heterocycles. The Kier molecular flexibility index (Phi) is 7.65. The van der Waals surface area contributed by atoms with Crippen LogP contribution < -0.4 is 0 Å². The summed E-state index contributed by atoms with van der Waals surface area (Å²) in [5.74, 6) is -1.43. The number of hydrogen-bond acceptors (Lipinski definition) is 6. The van der Waals surface area contributed by atoms with E-state index in [9.17, 15) is 18.0 Å². The van der Waals surface area contributed by atoms with Crippen molar-refractivity contribution in [2.24, 2.45) is 0 Å². The number of hydrogen-bond donors (Lipinski definition) is 1. The Morgan fingerprint density at radius 3 is 1.68 bits per heavy atom. The molecule has 0 aliphatic rings. The molecule has 0 heterocycles. The van der Waals surface area contributed by atoms with E-state index in [0.717, 1.165) is 12.2 Å². The van der Waals surface area contributed by atoms with E-state index in [4.69, 9.17) is 4.55 Å². The summed E-state index contributed by atoms with van der Waals surface area (Å²) in [4.78, 5) is 21.5. The summed E-state index contributed by atoms with van der Waals surface area (Å²) in [6.07, 6.45) is 1.84. The molecule has 0 rings (SSSR count). The first-order valence-electron chi connectivity index (χ1n) is 5.12. The van der Waals surface area contributed by atoms with E-state index in [1.807, 2.05) is 0 Å². The summed E-state index contributed by atoms with van der Waals surface area (Å²) in [6.45, 7) is 5.25. The van der Waals surface area contributed by atoms with Crippen molar-refractivity contribution < 1.29 is 32.0 Å². The molecule has 0 atom stereocenters. The van der Waals surface area contributed by atoms with Gasteiger partial charge in [0, 0.05) is 12.2 Å². The normalized spacial score (nSPS) is 10.8. The molecule has 1 N–H and O–H groups in total. The van der Waals surface area contributed by atoms with Crippen LogP contribution in [0, 0.1) is 0 Å². The van der Waals surface area contributed by atoms with E-state index in [1.54, 1.807) is 0 Å². The lowest BCUT2D eigenvalue weighted by molar-refractivity contribution is -0.137. The standard InChI is InChI=1S/C10H15NO7S/c1-3-9(12)17-7-5-11(19(14,15)16)6-8-18-10(13)4-2/h3-4H,1-2,5-8H2,(H,14,15,16). The van der Waals surface area contributed by atoms with Crippen LogP contribution in [0.5, 0.6) is 0 Å². The Bertz CT molecular complexity index is 417. The summed E-state index contributed by atoms with van der Waals surface area (Å²) in [5, 5.41) is 0. The van der Waals surface area contributed by atoms with E-state index in [-0.39, 0.29) is 26.3 Å². The van der Waals surface area contributed by atoms with Crippen molar-refractivity contribution in [3.8, 4) is 0 Å². The van der Waals surface area contributed by atoms with Crippen LogP contribution in [0.15, 0.2) is 25.3 Å². The van der Waals surface area contributed by atoms with Gasteiger partial charge in [-0.2, -0.15) is 12.7 Å². The highest BCUT2D eigenvalue weighted by Crippen LogP contribution is 1.98. The number of rotatable bonds is 9. The Morgan fingerprint density at radius 1 is 1.05 bits per heavy atom. The van der Waals surface area contributed by atoms with Gasteiger partial charge < -0.3 is 9.47 Å². The first kappa shape index (κ1) is 17.3.